The van der Waals surface area contributed by atoms with E-state index in [1.807, 2.05) is 0 Å². The molecule has 17 heavy (non-hydrogen) atoms. The summed E-state index contributed by atoms with van der Waals surface area (Å²) >= 11 is 0. The van der Waals surface area contributed by atoms with Crippen molar-refractivity contribution in [2.75, 3.05) is 6.54 Å². The van der Waals surface area contributed by atoms with Crippen LogP contribution in [0.15, 0.2) is 0 Å². The van der Waals surface area contributed by atoms with Crippen LogP contribution in [0, 0.1) is 0 Å². The van der Waals surface area contributed by atoms with Crippen LogP contribution in [0.1, 0.15) is 45.4 Å². The fourth-order valence-electron chi connectivity index (χ4n) is 1.97. The molecule has 0 bridgehead atoms. The number of unbranched alkanes of at least 4 members (excludes halogenated alkanes) is 5. The lowest BCUT2D eigenvalue weighted by atomic mass is 10.1. The van der Waals surface area contributed by atoms with E-state index in [-0.39, 0.29) is 0 Å². The molecule has 0 spiro atoms. The van der Waals surface area contributed by atoms with Crippen LogP contribution in [0.3, 0.4) is 0 Å². The number of aliphatic hydroxyl groups is 2. The lowest BCUT2D eigenvalue weighted by Gasteiger charge is -2.13. The highest BCUT2D eigenvalue weighted by molar-refractivity contribution is 6.07. The Morgan fingerprint density at radius 3 is 1.94 bits per heavy atom. The second kappa shape index (κ2) is 6.71. The van der Waals surface area contributed by atoms with Crippen molar-refractivity contribution < 1.29 is 19.8 Å². The van der Waals surface area contributed by atoms with E-state index >= 15 is 0 Å². The van der Waals surface area contributed by atoms with E-state index in [4.69, 9.17) is 0 Å². The zero-order chi connectivity index (χ0) is 12.8. The monoisotopic (exact) mass is 243 g/mol. The molecule has 1 heterocycles. The number of rotatable bonds is 7. The molecule has 2 atom stereocenters. The first-order chi connectivity index (χ1) is 8.09. The molecule has 0 radical (unpaired) electrons. The summed E-state index contributed by atoms with van der Waals surface area (Å²) in [6.07, 6.45) is 3.22. The third-order valence-corrected chi connectivity index (χ3v) is 3.07. The van der Waals surface area contributed by atoms with Gasteiger partial charge in [-0.15, -0.1) is 0 Å². The second-order valence-electron chi connectivity index (χ2n) is 4.49. The smallest absolute Gasteiger partial charge is 0.261 e. The van der Waals surface area contributed by atoms with E-state index < -0.39 is 24.0 Å². The molecule has 0 saturated carbocycles. The summed E-state index contributed by atoms with van der Waals surface area (Å²) in [5, 5.41) is 18.4. The molecule has 98 valence electrons. The fourth-order valence-corrected chi connectivity index (χ4v) is 1.97. The second-order valence-corrected chi connectivity index (χ2v) is 4.49. The van der Waals surface area contributed by atoms with Gasteiger partial charge < -0.3 is 10.2 Å². The summed E-state index contributed by atoms with van der Waals surface area (Å²) < 4.78 is 0. The number of nitrogens with zero attached hydrogens (tertiary/aromatic N) is 1. The van der Waals surface area contributed by atoms with Crippen LogP contribution in [0.4, 0.5) is 0 Å². The molecule has 0 aromatic carbocycles. The van der Waals surface area contributed by atoms with Gasteiger partial charge in [0.2, 0.25) is 0 Å². The molecule has 0 aliphatic carbocycles. The van der Waals surface area contributed by atoms with Crippen LogP contribution >= 0.6 is 0 Å². The normalized spacial score (nSPS) is 24.8. The van der Waals surface area contributed by atoms with Crippen molar-refractivity contribution in [3.8, 4) is 0 Å². The van der Waals surface area contributed by atoms with Gasteiger partial charge in [-0.05, 0) is 6.42 Å². The highest BCUT2D eigenvalue weighted by Crippen LogP contribution is 2.15. The van der Waals surface area contributed by atoms with E-state index in [0.29, 0.717) is 6.54 Å². The number of carbonyl (C=O) groups excluding carboxylic acids is 2. The number of likely N-dealkylation sites (tertiary alicyclic amines) is 1. The van der Waals surface area contributed by atoms with E-state index in [9.17, 15) is 19.8 Å². The number of amides is 2. The van der Waals surface area contributed by atoms with Gasteiger partial charge in [0.25, 0.3) is 11.8 Å². The Morgan fingerprint density at radius 1 is 0.941 bits per heavy atom. The summed E-state index contributed by atoms with van der Waals surface area (Å²) in [5.41, 5.74) is 0. The molecule has 1 aliphatic heterocycles. The van der Waals surface area contributed by atoms with E-state index in [2.05, 4.69) is 6.92 Å². The van der Waals surface area contributed by atoms with Crippen LogP contribution in [0.5, 0.6) is 0 Å². The van der Waals surface area contributed by atoms with Gasteiger partial charge in [0.1, 0.15) is 0 Å². The summed E-state index contributed by atoms with van der Waals surface area (Å²) in [5.74, 6) is -1.34. The molecule has 1 fully saturated rings. The maximum absolute atomic E-state index is 11.4. The molecular formula is C12H21NO4. The third kappa shape index (κ3) is 3.51. The molecule has 0 aromatic heterocycles. The maximum Gasteiger partial charge on any atom is 0.261 e. The quantitative estimate of drug-likeness (QED) is 0.502. The Hall–Kier alpha value is -0.940. The molecule has 5 heteroatoms. The lowest BCUT2D eigenvalue weighted by molar-refractivity contribution is -0.141. The largest absolute Gasteiger partial charge is 0.380 e. The van der Waals surface area contributed by atoms with Gasteiger partial charge in [-0.25, -0.2) is 0 Å². The molecular weight excluding hydrogens is 222 g/mol. The zero-order valence-electron chi connectivity index (χ0n) is 10.3. The van der Waals surface area contributed by atoms with Gasteiger partial charge in [-0.2, -0.15) is 0 Å². The van der Waals surface area contributed by atoms with Crippen LogP contribution in [0.25, 0.3) is 0 Å². The van der Waals surface area contributed by atoms with Crippen LogP contribution < -0.4 is 0 Å². The minimum atomic E-state index is -1.57. The van der Waals surface area contributed by atoms with Crippen molar-refractivity contribution in [2.24, 2.45) is 0 Å². The first-order valence-corrected chi connectivity index (χ1v) is 6.31. The highest BCUT2D eigenvalue weighted by atomic mass is 16.4. The van der Waals surface area contributed by atoms with Gasteiger partial charge in [-0.1, -0.05) is 39.0 Å². The Bertz CT molecular complexity index is 260. The molecule has 0 unspecified atom stereocenters. The van der Waals surface area contributed by atoms with Crippen molar-refractivity contribution in [1.29, 1.82) is 0 Å². The average molecular weight is 243 g/mol. The number of aliphatic hydroxyl groups excluding tert-OH is 2. The topological polar surface area (TPSA) is 77.8 Å². The molecule has 2 N–H and O–H groups in total. The van der Waals surface area contributed by atoms with Gasteiger partial charge >= 0.3 is 0 Å². The molecule has 0 aromatic rings. The Labute approximate surface area is 101 Å². The van der Waals surface area contributed by atoms with Crippen molar-refractivity contribution in [3.63, 3.8) is 0 Å². The Kier molecular flexibility index (Phi) is 5.58. The predicted molar refractivity (Wildman–Crippen MR) is 62.1 cm³/mol. The van der Waals surface area contributed by atoms with E-state index in [1.54, 1.807) is 0 Å². The van der Waals surface area contributed by atoms with Gasteiger partial charge in [0.15, 0.2) is 12.2 Å². The SMILES string of the molecule is CCCCCCCCN1C(=O)[C@H](O)[C@@H](O)C1=O. The summed E-state index contributed by atoms with van der Waals surface area (Å²) in [6.45, 7) is 2.45. The Balaban J connectivity index is 2.23. The highest BCUT2D eigenvalue weighted by Gasteiger charge is 2.45. The number of carbonyl (C=O) groups is 2. The maximum atomic E-state index is 11.4. The van der Waals surface area contributed by atoms with Crippen LogP contribution in [-0.4, -0.2) is 45.7 Å². The summed E-state index contributed by atoms with van der Waals surface area (Å²) in [7, 11) is 0. The fraction of sp³-hybridized carbons (Fsp3) is 0.833. The van der Waals surface area contributed by atoms with E-state index in [0.717, 1.165) is 24.2 Å². The molecule has 1 rings (SSSR count). The molecule has 1 aliphatic rings. The number of hydrogen-bond donors (Lipinski definition) is 2. The van der Waals surface area contributed by atoms with Crippen molar-refractivity contribution in [3.05, 3.63) is 0 Å². The number of hydrogen-bond acceptors (Lipinski definition) is 4. The van der Waals surface area contributed by atoms with Crippen molar-refractivity contribution >= 4 is 11.8 Å². The lowest BCUT2D eigenvalue weighted by Crippen LogP contribution is -2.33. The minimum absolute atomic E-state index is 0.303. The van der Waals surface area contributed by atoms with E-state index in [1.165, 1.54) is 19.3 Å². The summed E-state index contributed by atoms with van der Waals surface area (Å²) in [4.78, 5) is 23.7. The predicted octanol–water partition coefficient (Wildman–Crippen LogP) is 0.437. The summed E-state index contributed by atoms with van der Waals surface area (Å²) in [6, 6.07) is 0. The third-order valence-electron chi connectivity index (χ3n) is 3.07. The van der Waals surface area contributed by atoms with Gasteiger partial charge in [0, 0.05) is 6.54 Å². The molecule has 1 saturated heterocycles. The Morgan fingerprint density at radius 2 is 1.41 bits per heavy atom. The molecule has 5 nitrogen and oxygen atoms in total. The van der Waals surface area contributed by atoms with Gasteiger partial charge in [0.05, 0.1) is 0 Å². The first-order valence-electron chi connectivity index (χ1n) is 6.31. The standard InChI is InChI=1S/C12H21NO4/c1-2-3-4-5-6-7-8-13-11(16)9(14)10(15)12(13)17/h9-10,14-15H,2-8H2,1H3/t9-,10-/m1/s1. The van der Waals surface area contributed by atoms with Gasteiger partial charge in [-0.3, -0.25) is 14.5 Å². The molecule has 2 amide bonds. The zero-order valence-corrected chi connectivity index (χ0v) is 10.3. The van der Waals surface area contributed by atoms with Crippen LogP contribution in [-0.2, 0) is 9.59 Å². The van der Waals surface area contributed by atoms with Crippen molar-refractivity contribution in [1.82, 2.24) is 4.90 Å². The minimum Gasteiger partial charge on any atom is -0.380 e. The van der Waals surface area contributed by atoms with Crippen LogP contribution in [0.2, 0.25) is 0 Å². The van der Waals surface area contributed by atoms with Crippen molar-refractivity contribution in [2.45, 2.75) is 57.7 Å². The first kappa shape index (κ1) is 14.1. The number of imide groups is 1. The average Bonchev–Trinajstić information content (AvgIpc) is 2.50.